The van der Waals surface area contributed by atoms with Crippen molar-refractivity contribution in [3.8, 4) is 5.75 Å². The van der Waals surface area contributed by atoms with E-state index >= 15 is 0 Å². The van der Waals surface area contributed by atoms with Gasteiger partial charge in [-0.2, -0.15) is 0 Å². The summed E-state index contributed by atoms with van der Waals surface area (Å²) in [5.74, 6) is 1.53. The van der Waals surface area contributed by atoms with Gasteiger partial charge in [0.05, 0.1) is 24.9 Å². The van der Waals surface area contributed by atoms with Crippen LogP contribution >= 0.6 is 0 Å². The topological polar surface area (TPSA) is 68.4 Å². The number of rotatable bonds is 5. The third-order valence-electron chi connectivity index (χ3n) is 5.47. The predicted molar refractivity (Wildman–Crippen MR) is 104 cm³/mol. The Hall–Kier alpha value is -2.93. The summed E-state index contributed by atoms with van der Waals surface area (Å²) in [5.41, 5.74) is 0.598. The Kier molecular flexibility index (Phi) is 5.25. The van der Waals surface area contributed by atoms with E-state index < -0.39 is 0 Å². The van der Waals surface area contributed by atoms with Crippen molar-refractivity contribution in [1.82, 2.24) is 0 Å². The molecule has 0 spiro atoms. The molecule has 2 saturated heterocycles. The first-order valence-electron chi connectivity index (χ1n) is 9.83. The lowest BCUT2D eigenvalue weighted by atomic mass is 10.1. The third kappa shape index (κ3) is 3.57. The van der Waals surface area contributed by atoms with Crippen LogP contribution in [0.5, 0.6) is 5.75 Å². The Morgan fingerprint density at radius 1 is 1.14 bits per heavy atom. The summed E-state index contributed by atoms with van der Waals surface area (Å²) >= 11 is 0. The summed E-state index contributed by atoms with van der Waals surface area (Å²) in [4.78, 5) is 33.8. The lowest BCUT2D eigenvalue weighted by molar-refractivity contribution is -0.915. The molecule has 7 heteroatoms. The predicted octanol–water partition coefficient (Wildman–Crippen LogP) is -0.0636. The number of anilines is 2. The SMILES string of the molecule is CCOc1cccc(N2C(=O)C[C@@H]([NH+]3CCN(c4cccc[nH+]4)CC3)C2=O)c1. The molecular weight excluding hydrogens is 356 g/mol. The number of ether oxygens (including phenoxy) is 1. The van der Waals surface area contributed by atoms with E-state index in [1.54, 1.807) is 12.1 Å². The first-order chi connectivity index (χ1) is 13.7. The average molecular weight is 382 g/mol. The molecule has 3 heterocycles. The van der Waals surface area contributed by atoms with Gasteiger partial charge in [-0.15, -0.1) is 0 Å². The molecule has 2 amide bonds. The van der Waals surface area contributed by atoms with E-state index in [1.807, 2.05) is 37.4 Å². The highest BCUT2D eigenvalue weighted by atomic mass is 16.5. The van der Waals surface area contributed by atoms with Crippen molar-refractivity contribution in [3.05, 3.63) is 48.7 Å². The molecule has 7 nitrogen and oxygen atoms in total. The van der Waals surface area contributed by atoms with E-state index in [9.17, 15) is 9.59 Å². The van der Waals surface area contributed by atoms with Crippen LogP contribution in [-0.4, -0.2) is 50.6 Å². The highest BCUT2D eigenvalue weighted by molar-refractivity contribution is 6.21. The van der Waals surface area contributed by atoms with Crippen LogP contribution in [0.15, 0.2) is 48.7 Å². The van der Waals surface area contributed by atoms with Gasteiger partial charge in [0.2, 0.25) is 5.91 Å². The molecule has 2 aliphatic heterocycles. The largest absolute Gasteiger partial charge is 0.494 e. The highest BCUT2D eigenvalue weighted by Crippen LogP contribution is 2.26. The number of imide groups is 1. The number of quaternary nitrogens is 1. The lowest BCUT2D eigenvalue weighted by Crippen LogP contribution is -3.19. The molecule has 2 fully saturated rings. The van der Waals surface area contributed by atoms with Crippen molar-refractivity contribution in [2.75, 3.05) is 42.6 Å². The molecule has 146 valence electrons. The minimum atomic E-state index is -0.301. The molecule has 1 aromatic heterocycles. The number of aromatic nitrogens is 1. The number of carbonyl (C=O) groups excluding carboxylic acids is 2. The van der Waals surface area contributed by atoms with Gasteiger partial charge in [0.1, 0.15) is 31.9 Å². The molecule has 1 aromatic carbocycles. The highest BCUT2D eigenvalue weighted by Gasteiger charge is 2.47. The van der Waals surface area contributed by atoms with Gasteiger partial charge in [-0.3, -0.25) is 14.5 Å². The number of hydrogen-bond acceptors (Lipinski definition) is 4. The van der Waals surface area contributed by atoms with Crippen LogP contribution in [0.2, 0.25) is 0 Å². The Bertz CT molecular complexity index is 850. The molecule has 28 heavy (non-hydrogen) atoms. The van der Waals surface area contributed by atoms with E-state index in [0.29, 0.717) is 18.0 Å². The number of benzene rings is 1. The summed E-state index contributed by atoms with van der Waals surface area (Å²) in [5, 5.41) is 0. The van der Waals surface area contributed by atoms with E-state index in [4.69, 9.17) is 4.74 Å². The number of carbonyl (C=O) groups is 2. The van der Waals surface area contributed by atoms with E-state index in [0.717, 1.165) is 32.0 Å². The number of nitrogens with one attached hydrogen (secondary N) is 2. The first kappa shape index (κ1) is 18.4. The summed E-state index contributed by atoms with van der Waals surface area (Å²) in [6.45, 7) is 5.83. The minimum Gasteiger partial charge on any atom is -0.494 e. The Morgan fingerprint density at radius 2 is 1.96 bits per heavy atom. The Balaban J connectivity index is 1.44. The molecule has 0 bridgehead atoms. The molecule has 0 saturated carbocycles. The fourth-order valence-electron chi connectivity index (χ4n) is 4.07. The number of pyridine rings is 1. The number of aromatic amines is 1. The smallest absolute Gasteiger partial charge is 0.292 e. The van der Waals surface area contributed by atoms with Crippen LogP contribution in [-0.2, 0) is 9.59 Å². The molecule has 4 rings (SSSR count). The van der Waals surface area contributed by atoms with Gasteiger partial charge in [0.15, 0.2) is 6.04 Å². The number of piperazine rings is 1. The van der Waals surface area contributed by atoms with Crippen molar-refractivity contribution in [2.45, 2.75) is 19.4 Å². The Morgan fingerprint density at radius 3 is 2.68 bits per heavy atom. The summed E-state index contributed by atoms with van der Waals surface area (Å²) in [6, 6.07) is 12.9. The lowest BCUT2D eigenvalue weighted by Gasteiger charge is -2.31. The maximum absolute atomic E-state index is 13.1. The average Bonchev–Trinajstić information content (AvgIpc) is 3.03. The van der Waals surface area contributed by atoms with Crippen LogP contribution in [0, 0.1) is 0 Å². The van der Waals surface area contributed by atoms with Gasteiger partial charge in [0.25, 0.3) is 11.7 Å². The third-order valence-corrected chi connectivity index (χ3v) is 5.47. The van der Waals surface area contributed by atoms with Crippen molar-refractivity contribution in [3.63, 3.8) is 0 Å². The van der Waals surface area contributed by atoms with Crippen molar-refractivity contribution in [1.29, 1.82) is 0 Å². The molecule has 2 N–H and O–H groups in total. The zero-order chi connectivity index (χ0) is 19.5. The second-order valence-electron chi connectivity index (χ2n) is 7.15. The van der Waals surface area contributed by atoms with Gasteiger partial charge in [-0.25, -0.2) is 9.88 Å². The standard InChI is InChI=1S/C21H24N4O3/c1-2-28-17-7-5-6-16(14-17)25-20(26)15-18(21(25)27)23-10-12-24(13-11-23)19-8-3-4-9-22-19/h3-9,14,18H,2,10-13,15H2,1H3/p+2/t18-/m1/s1. The normalized spacial score (nSPS) is 20.7. The second-order valence-corrected chi connectivity index (χ2v) is 7.15. The summed E-state index contributed by atoms with van der Waals surface area (Å²) in [7, 11) is 0. The fourth-order valence-corrected chi connectivity index (χ4v) is 4.07. The van der Waals surface area contributed by atoms with Crippen LogP contribution in [0.4, 0.5) is 11.5 Å². The molecule has 0 aliphatic carbocycles. The number of H-pyrrole nitrogens is 1. The number of hydrogen-bond donors (Lipinski definition) is 1. The van der Waals surface area contributed by atoms with Crippen molar-refractivity contribution >= 4 is 23.3 Å². The summed E-state index contributed by atoms with van der Waals surface area (Å²) in [6.07, 6.45) is 2.19. The maximum atomic E-state index is 13.1. The second kappa shape index (κ2) is 7.98. The van der Waals surface area contributed by atoms with E-state index in [2.05, 4.69) is 16.0 Å². The monoisotopic (exact) mass is 382 g/mol. The maximum Gasteiger partial charge on any atom is 0.292 e. The van der Waals surface area contributed by atoms with Crippen LogP contribution in [0.3, 0.4) is 0 Å². The van der Waals surface area contributed by atoms with Gasteiger partial charge >= 0.3 is 0 Å². The molecule has 0 radical (unpaired) electrons. The molecule has 0 unspecified atom stereocenters. The fraction of sp³-hybridized carbons (Fsp3) is 0.381. The molecular formula is C21H26N4O3+2. The number of nitrogens with zero attached hydrogens (tertiary/aromatic N) is 2. The number of amides is 2. The van der Waals surface area contributed by atoms with Crippen molar-refractivity contribution < 1.29 is 24.2 Å². The quantitative estimate of drug-likeness (QED) is 0.736. The van der Waals surface area contributed by atoms with Crippen LogP contribution < -0.4 is 24.4 Å². The van der Waals surface area contributed by atoms with Gasteiger partial charge < -0.3 is 9.64 Å². The molecule has 2 aromatic rings. The minimum absolute atomic E-state index is 0.103. The van der Waals surface area contributed by atoms with Gasteiger partial charge in [0, 0.05) is 12.1 Å². The van der Waals surface area contributed by atoms with E-state index in [1.165, 1.54) is 9.80 Å². The van der Waals surface area contributed by atoms with E-state index in [-0.39, 0.29) is 24.3 Å². The summed E-state index contributed by atoms with van der Waals surface area (Å²) < 4.78 is 5.51. The zero-order valence-electron chi connectivity index (χ0n) is 16.1. The van der Waals surface area contributed by atoms with Crippen molar-refractivity contribution in [2.24, 2.45) is 0 Å². The molecule has 2 aliphatic rings. The van der Waals surface area contributed by atoms with Crippen LogP contribution in [0.25, 0.3) is 0 Å². The van der Waals surface area contributed by atoms with Gasteiger partial charge in [-0.05, 0) is 25.1 Å². The van der Waals surface area contributed by atoms with Gasteiger partial charge in [-0.1, -0.05) is 12.1 Å². The molecule has 1 atom stereocenters. The van der Waals surface area contributed by atoms with Crippen LogP contribution in [0.1, 0.15) is 13.3 Å². The first-order valence-corrected chi connectivity index (χ1v) is 9.83. The Labute approximate surface area is 164 Å². The zero-order valence-corrected chi connectivity index (χ0v) is 16.1.